The molecule has 0 saturated carbocycles. The normalized spacial score (nSPS) is 12.9. The largest absolute Gasteiger partial charge is 0.462 e. The van der Waals surface area contributed by atoms with Gasteiger partial charge in [0.25, 0.3) is 0 Å². The van der Waals surface area contributed by atoms with Crippen molar-refractivity contribution in [1.82, 2.24) is 0 Å². The Morgan fingerprint density at radius 3 is 0.735 bits per heavy atom. The van der Waals surface area contributed by atoms with Gasteiger partial charge in [-0.2, -0.15) is 0 Å². The first-order chi connectivity index (χ1) is 41.0. The number of allylic oxidation sites excluding steroid dienone is 20. The van der Waals surface area contributed by atoms with Crippen LogP contribution in [0.4, 0.5) is 0 Å². The number of hydrogen-bond donors (Lipinski definition) is 0. The van der Waals surface area contributed by atoms with Gasteiger partial charge in [-0.15, -0.1) is 0 Å². The van der Waals surface area contributed by atoms with E-state index in [9.17, 15) is 14.4 Å². The van der Waals surface area contributed by atoms with Crippen LogP contribution in [-0.4, -0.2) is 37.2 Å². The number of unbranched alkanes of at least 4 members (excludes halogenated alkanes) is 32. The second-order valence-corrected chi connectivity index (χ2v) is 23.0. The highest BCUT2D eigenvalue weighted by molar-refractivity contribution is 5.71. The second-order valence-electron chi connectivity index (χ2n) is 23.0. The number of carbonyl (C=O) groups is 3. The first-order valence-electron chi connectivity index (χ1n) is 35.0. The van der Waals surface area contributed by atoms with E-state index in [2.05, 4.69) is 142 Å². The smallest absolute Gasteiger partial charge is 0.306 e. The van der Waals surface area contributed by atoms with Crippen molar-refractivity contribution in [2.75, 3.05) is 13.2 Å². The van der Waals surface area contributed by atoms with Crippen molar-refractivity contribution in [3.05, 3.63) is 122 Å². The van der Waals surface area contributed by atoms with Gasteiger partial charge in [0.15, 0.2) is 6.10 Å². The standard InChI is InChI=1S/C77H130O6/c1-4-7-10-13-16-19-22-25-28-31-33-35-36-37-38-39-40-42-43-46-49-52-55-58-61-64-67-70-76(79)82-73-74(72-81-75(78)69-66-63-60-57-54-51-48-45-30-27-24-21-18-15-12-9-6-3)83-77(80)71-68-65-62-59-56-53-50-47-44-41-34-32-29-26-23-20-17-14-11-8-5-2/h8-9,11-12,17-18,20-22,25-27,29-31,33-34,41,48,51,74H,4-7,10,13-16,19,23-24,28,32,35-40,42-47,49-50,52-73H2,1-3H3/b11-8-,12-9-,20-17-,21-18-,25-22-,29-26-,30-27-,33-31-,41-34-,51-48-. The summed E-state index contributed by atoms with van der Waals surface area (Å²) in [6.45, 7) is 6.41. The van der Waals surface area contributed by atoms with Crippen molar-refractivity contribution < 1.29 is 28.6 Å². The molecule has 83 heavy (non-hydrogen) atoms. The molecule has 0 heterocycles. The minimum Gasteiger partial charge on any atom is -0.462 e. The van der Waals surface area contributed by atoms with Crippen molar-refractivity contribution in [1.29, 1.82) is 0 Å². The lowest BCUT2D eigenvalue weighted by Gasteiger charge is -2.18. The molecule has 0 saturated heterocycles. The van der Waals surface area contributed by atoms with Gasteiger partial charge in [-0.05, 0) is 128 Å². The maximum Gasteiger partial charge on any atom is 0.306 e. The van der Waals surface area contributed by atoms with Gasteiger partial charge in [-0.1, -0.05) is 303 Å². The average molecular weight is 1150 g/mol. The third kappa shape index (κ3) is 68.5. The van der Waals surface area contributed by atoms with Crippen molar-refractivity contribution >= 4 is 17.9 Å². The number of ether oxygens (including phenoxy) is 3. The molecule has 1 atom stereocenters. The molecule has 1 unspecified atom stereocenters. The first-order valence-corrected chi connectivity index (χ1v) is 35.0. The molecule has 0 aromatic rings. The zero-order chi connectivity index (χ0) is 59.9. The fourth-order valence-electron chi connectivity index (χ4n) is 9.75. The Kier molecular flexibility index (Phi) is 66.7. The molecule has 0 aliphatic carbocycles. The van der Waals surface area contributed by atoms with Crippen LogP contribution in [0.25, 0.3) is 0 Å². The monoisotopic (exact) mass is 1150 g/mol. The van der Waals surface area contributed by atoms with E-state index in [-0.39, 0.29) is 31.1 Å². The topological polar surface area (TPSA) is 78.9 Å². The quantitative estimate of drug-likeness (QED) is 0.0261. The lowest BCUT2D eigenvalue weighted by molar-refractivity contribution is -0.167. The molecule has 0 fully saturated rings. The van der Waals surface area contributed by atoms with Crippen molar-refractivity contribution in [3.63, 3.8) is 0 Å². The second kappa shape index (κ2) is 70.3. The number of carbonyl (C=O) groups excluding carboxylic acids is 3. The van der Waals surface area contributed by atoms with Crippen LogP contribution in [0.5, 0.6) is 0 Å². The lowest BCUT2D eigenvalue weighted by Crippen LogP contribution is -2.30. The molecule has 0 radical (unpaired) electrons. The molecule has 0 aliphatic rings. The van der Waals surface area contributed by atoms with Crippen molar-refractivity contribution in [3.8, 4) is 0 Å². The van der Waals surface area contributed by atoms with Gasteiger partial charge in [-0.25, -0.2) is 0 Å². The predicted molar refractivity (Wildman–Crippen MR) is 362 cm³/mol. The maximum atomic E-state index is 13.0. The molecule has 474 valence electrons. The molecular weight excluding hydrogens is 1020 g/mol. The van der Waals surface area contributed by atoms with E-state index < -0.39 is 6.10 Å². The van der Waals surface area contributed by atoms with Crippen LogP contribution < -0.4 is 0 Å². The van der Waals surface area contributed by atoms with E-state index in [1.54, 1.807) is 0 Å². The summed E-state index contributed by atoms with van der Waals surface area (Å²) in [6, 6.07) is 0. The molecule has 0 aliphatic heterocycles. The third-order valence-electron chi connectivity index (χ3n) is 14.9. The molecule has 6 nitrogen and oxygen atoms in total. The Bertz CT molecular complexity index is 1700. The summed E-state index contributed by atoms with van der Waals surface area (Å²) in [5.41, 5.74) is 0. The zero-order valence-corrected chi connectivity index (χ0v) is 54.4. The van der Waals surface area contributed by atoms with Gasteiger partial charge in [-0.3, -0.25) is 14.4 Å². The molecule has 0 amide bonds. The van der Waals surface area contributed by atoms with E-state index in [1.807, 2.05) is 0 Å². The van der Waals surface area contributed by atoms with Crippen LogP contribution in [0, 0.1) is 0 Å². The molecule has 0 rings (SSSR count). The Hall–Kier alpha value is -4.19. The first kappa shape index (κ1) is 78.8. The number of rotatable bonds is 63. The molecule has 6 heteroatoms. The van der Waals surface area contributed by atoms with Crippen LogP contribution in [0.15, 0.2) is 122 Å². The number of hydrogen-bond acceptors (Lipinski definition) is 6. The Labute approximate surface area is 513 Å². The summed E-state index contributed by atoms with van der Waals surface area (Å²) in [4.78, 5) is 38.5. The fourth-order valence-corrected chi connectivity index (χ4v) is 9.75. The molecular formula is C77H130O6. The number of esters is 3. The Morgan fingerprint density at radius 1 is 0.253 bits per heavy atom. The van der Waals surface area contributed by atoms with Crippen LogP contribution >= 0.6 is 0 Å². The van der Waals surface area contributed by atoms with Gasteiger partial charge < -0.3 is 14.2 Å². The highest BCUT2D eigenvalue weighted by Gasteiger charge is 2.19. The summed E-state index contributed by atoms with van der Waals surface area (Å²) >= 11 is 0. The van der Waals surface area contributed by atoms with E-state index in [0.29, 0.717) is 19.3 Å². The summed E-state index contributed by atoms with van der Waals surface area (Å²) in [6.07, 6.45) is 97.9. The molecule has 0 N–H and O–H groups in total. The van der Waals surface area contributed by atoms with E-state index >= 15 is 0 Å². The highest BCUT2D eigenvalue weighted by Crippen LogP contribution is 2.17. The predicted octanol–water partition coefficient (Wildman–Crippen LogP) is 24.3. The summed E-state index contributed by atoms with van der Waals surface area (Å²) in [7, 11) is 0. The van der Waals surface area contributed by atoms with Gasteiger partial charge in [0, 0.05) is 19.3 Å². The third-order valence-corrected chi connectivity index (χ3v) is 14.9. The van der Waals surface area contributed by atoms with E-state index in [4.69, 9.17) is 14.2 Å². The van der Waals surface area contributed by atoms with Crippen molar-refractivity contribution in [2.24, 2.45) is 0 Å². The SMILES string of the molecule is CC/C=C\C/C=C\C/C=C\C/C=C\CCCCCCCCCCC(=O)OC(COC(=O)CCCCCC/C=C\C/C=C\C/C=C\C/C=C\CC)COC(=O)CCCCCCCCCCCCCCCCC/C=C\C/C=C\CCCCCCC. The van der Waals surface area contributed by atoms with Gasteiger partial charge in [0.05, 0.1) is 0 Å². The average Bonchev–Trinajstić information content (AvgIpc) is 3.50. The van der Waals surface area contributed by atoms with E-state index in [1.165, 1.54) is 154 Å². The van der Waals surface area contributed by atoms with Crippen LogP contribution in [-0.2, 0) is 28.6 Å². The van der Waals surface area contributed by atoms with Gasteiger partial charge in [0.2, 0.25) is 0 Å². The Morgan fingerprint density at radius 2 is 0.470 bits per heavy atom. The molecule has 0 aromatic carbocycles. The fraction of sp³-hybridized carbons (Fsp3) is 0.701. The Balaban J connectivity index is 4.37. The maximum absolute atomic E-state index is 13.0. The lowest BCUT2D eigenvalue weighted by atomic mass is 10.0. The van der Waals surface area contributed by atoms with Crippen LogP contribution in [0.3, 0.4) is 0 Å². The van der Waals surface area contributed by atoms with Crippen LogP contribution in [0.2, 0.25) is 0 Å². The minimum atomic E-state index is -0.798. The van der Waals surface area contributed by atoms with Crippen molar-refractivity contribution in [2.45, 2.75) is 335 Å². The zero-order valence-electron chi connectivity index (χ0n) is 54.4. The molecule has 0 bridgehead atoms. The molecule has 0 aromatic heterocycles. The highest BCUT2D eigenvalue weighted by atomic mass is 16.6. The minimum absolute atomic E-state index is 0.0902. The van der Waals surface area contributed by atoms with Gasteiger partial charge >= 0.3 is 17.9 Å². The summed E-state index contributed by atoms with van der Waals surface area (Å²) < 4.78 is 17.0. The van der Waals surface area contributed by atoms with E-state index in [0.717, 1.165) is 135 Å². The molecule has 0 spiro atoms. The summed E-state index contributed by atoms with van der Waals surface area (Å²) in [5.74, 6) is -0.913. The van der Waals surface area contributed by atoms with Crippen LogP contribution in [0.1, 0.15) is 329 Å². The summed E-state index contributed by atoms with van der Waals surface area (Å²) in [5, 5.41) is 0. The van der Waals surface area contributed by atoms with Gasteiger partial charge in [0.1, 0.15) is 13.2 Å².